The molecule has 1 atom stereocenters. The van der Waals surface area contributed by atoms with E-state index in [0.717, 1.165) is 19.5 Å². The predicted octanol–water partition coefficient (Wildman–Crippen LogP) is 2.01. The third-order valence-corrected chi connectivity index (χ3v) is 3.83. The van der Waals surface area contributed by atoms with Crippen molar-refractivity contribution in [2.24, 2.45) is 0 Å². The van der Waals surface area contributed by atoms with E-state index in [1.165, 1.54) is 31.5 Å². The van der Waals surface area contributed by atoms with Gasteiger partial charge in [0, 0.05) is 12.6 Å². The van der Waals surface area contributed by atoms with Crippen LogP contribution in [0.3, 0.4) is 0 Å². The number of likely N-dealkylation sites (tertiary alicyclic amines) is 1. The topological polar surface area (TPSA) is 35.5 Å². The lowest BCUT2D eigenvalue weighted by atomic mass is 10.0. The third-order valence-electron chi connectivity index (χ3n) is 3.83. The second-order valence-electron chi connectivity index (χ2n) is 5.63. The summed E-state index contributed by atoms with van der Waals surface area (Å²) in [7, 11) is 0. The van der Waals surface area contributed by atoms with Crippen LogP contribution in [0.4, 0.5) is 0 Å². The smallest absolute Gasteiger partial charge is 0.0524 e. The molecule has 1 aliphatic heterocycles. The van der Waals surface area contributed by atoms with Crippen molar-refractivity contribution < 1.29 is 5.11 Å². The van der Waals surface area contributed by atoms with Crippen LogP contribution in [-0.2, 0) is 6.54 Å². The van der Waals surface area contributed by atoms with Gasteiger partial charge in [0.25, 0.3) is 0 Å². The van der Waals surface area contributed by atoms with Crippen LogP contribution in [-0.4, -0.2) is 41.8 Å². The first kappa shape index (κ1) is 14.5. The summed E-state index contributed by atoms with van der Waals surface area (Å²) < 4.78 is 0. The van der Waals surface area contributed by atoms with E-state index in [0.29, 0.717) is 6.04 Å². The number of piperidine rings is 1. The van der Waals surface area contributed by atoms with Crippen LogP contribution < -0.4 is 5.32 Å². The van der Waals surface area contributed by atoms with Gasteiger partial charge in [-0.15, -0.1) is 0 Å². The molecule has 1 fully saturated rings. The van der Waals surface area contributed by atoms with E-state index in [1.807, 2.05) is 6.92 Å². The molecule has 0 saturated carbocycles. The second kappa shape index (κ2) is 7.63. The lowest BCUT2D eigenvalue weighted by molar-refractivity contribution is 0.169. The van der Waals surface area contributed by atoms with E-state index in [4.69, 9.17) is 0 Å². The Kier molecular flexibility index (Phi) is 5.83. The van der Waals surface area contributed by atoms with E-state index in [9.17, 15) is 5.11 Å². The number of aliphatic hydroxyl groups excluding tert-OH is 1. The van der Waals surface area contributed by atoms with Gasteiger partial charge in [0.2, 0.25) is 0 Å². The van der Waals surface area contributed by atoms with Crippen LogP contribution in [0.1, 0.15) is 31.7 Å². The van der Waals surface area contributed by atoms with Gasteiger partial charge in [0.05, 0.1) is 6.10 Å². The predicted molar refractivity (Wildman–Crippen MR) is 79.0 cm³/mol. The molecule has 1 unspecified atom stereocenters. The van der Waals surface area contributed by atoms with Crippen molar-refractivity contribution in [2.45, 2.75) is 44.9 Å². The standard InChI is InChI=1S/C16H26N2O/c1-14(19)7-10-17-16-8-11-18(12-9-16)13-15-5-3-2-4-6-15/h2-6,14,16-17,19H,7-13H2,1H3. The average Bonchev–Trinajstić information content (AvgIpc) is 2.42. The molecule has 3 nitrogen and oxygen atoms in total. The highest BCUT2D eigenvalue weighted by Crippen LogP contribution is 2.13. The Bertz CT molecular complexity index is 345. The fourth-order valence-corrected chi connectivity index (χ4v) is 2.63. The van der Waals surface area contributed by atoms with Gasteiger partial charge >= 0.3 is 0 Å². The number of benzene rings is 1. The fourth-order valence-electron chi connectivity index (χ4n) is 2.63. The summed E-state index contributed by atoms with van der Waals surface area (Å²) in [6.45, 7) is 6.19. The first-order valence-electron chi connectivity index (χ1n) is 7.42. The Labute approximate surface area is 116 Å². The van der Waals surface area contributed by atoms with Crippen molar-refractivity contribution >= 4 is 0 Å². The molecule has 0 amide bonds. The Morgan fingerprint density at radius 3 is 2.58 bits per heavy atom. The first-order chi connectivity index (χ1) is 9.24. The van der Waals surface area contributed by atoms with Gasteiger partial charge in [-0.1, -0.05) is 30.3 Å². The van der Waals surface area contributed by atoms with Gasteiger partial charge in [-0.25, -0.2) is 0 Å². The molecule has 106 valence electrons. The summed E-state index contributed by atoms with van der Waals surface area (Å²) in [5.74, 6) is 0. The molecule has 1 heterocycles. The van der Waals surface area contributed by atoms with Crippen LogP contribution in [0.15, 0.2) is 30.3 Å². The number of nitrogens with zero attached hydrogens (tertiary/aromatic N) is 1. The maximum atomic E-state index is 9.24. The van der Waals surface area contributed by atoms with Gasteiger partial charge in [-0.2, -0.15) is 0 Å². The van der Waals surface area contributed by atoms with Gasteiger partial charge in [-0.05, 0) is 51.4 Å². The molecule has 19 heavy (non-hydrogen) atoms. The highest BCUT2D eigenvalue weighted by atomic mass is 16.3. The Morgan fingerprint density at radius 1 is 1.26 bits per heavy atom. The largest absolute Gasteiger partial charge is 0.393 e. The van der Waals surface area contributed by atoms with Gasteiger partial charge in [0.15, 0.2) is 0 Å². The van der Waals surface area contributed by atoms with Crippen molar-refractivity contribution in [2.75, 3.05) is 19.6 Å². The summed E-state index contributed by atoms with van der Waals surface area (Å²) in [4.78, 5) is 2.53. The van der Waals surface area contributed by atoms with Crippen molar-refractivity contribution in [3.8, 4) is 0 Å². The first-order valence-corrected chi connectivity index (χ1v) is 7.42. The van der Waals surface area contributed by atoms with E-state index < -0.39 is 0 Å². The number of hydrogen-bond acceptors (Lipinski definition) is 3. The number of rotatable bonds is 6. The van der Waals surface area contributed by atoms with Gasteiger partial charge in [-0.3, -0.25) is 4.90 Å². The van der Waals surface area contributed by atoms with Crippen molar-refractivity contribution in [1.29, 1.82) is 0 Å². The quantitative estimate of drug-likeness (QED) is 0.823. The highest BCUT2D eigenvalue weighted by Gasteiger charge is 2.18. The minimum Gasteiger partial charge on any atom is -0.393 e. The second-order valence-corrected chi connectivity index (χ2v) is 5.63. The summed E-state index contributed by atoms with van der Waals surface area (Å²) in [6.07, 6.45) is 3.09. The van der Waals surface area contributed by atoms with Crippen molar-refractivity contribution in [3.63, 3.8) is 0 Å². The molecule has 0 radical (unpaired) electrons. The van der Waals surface area contributed by atoms with Crippen LogP contribution in [0.5, 0.6) is 0 Å². The molecule has 0 bridgehead atoms. The zero-order valence-corrected chi connectivity index (χ0v) is 11.9. The highest BCUT2D eigenvalue weighted by molar-refractivity contribution is 5.14. The molecular formula is C16H26N2O. The number of hydrogen-bond donors (Lipinski definition) is 2. The van der Waals surface area contributed by atoms with E-state index in [2.05, 4.69) is 40.5 Å². The van der Waals surface area contributed by atoms with Crippen LogP contribution in [0, 0.1) is 0 Å². The van der Waals surface area contributed by atoms with Crippen molar-refractivity contribution in [1.82, 2.24) is 10.2 Å². The van der Waals surface area contributed by atoms with Gasteiger partial charge < -0.3 is 10.4 Å². The molecule has 1 saturated heterocycles. The van der Waals surface area contributed by atoms with Crippen LogP contribution in [0.25, 0.3) is 0 Å². The fraction of sp³-hybridized carbons (Fsp3) is 0.625. The van der Waals surface area contributed by atoms with E-state index >= 15 is 0 Å². The molecule has 0 aliphatic carbocycles. The SMILES string of the molecule is CC(O)CCNC1CCN(Cc2ccccc2)CC1. The Hall–Kier alpha value is -0.900. The van der Waals surface area contributed by atoms with E-state index in [-0.39, 0.29) is 6.10 Å². The number of nitrogens with one attached hydrogen (secondary N) is 1. The molecule has 3 heteroatoms. The van der Waals surface area contributed by atoms with Crippen LogP contribution >= 0.6 is 0 Å². The third kappa shape index (κ3) is 5.31. The maximum absolute atomic E-state index is 9.24. The molecule has 0 spiro atoms. The minimum atomic E-state index is -0.189. The number of aliphatic hydroxyl groups is 1. The average molecular weight is 262 g/mol. The molecule has 2 N–H and O–H groups in total. The Balaban J connectivity index is 1.65. The minimum absolute atomic E-state index is 0.189. The van der Waals surface area contributed by atoms with Crippen LogP contribution in [0.2, 0.25) is 0 Å². The molecule has 0 aromatic heterocycles. The zero-order valence-electron chi connectivity index (χ0n) is 11.9. The van der Waals surface area contributed by atoms with Crippen molar-refractivity contribution in [3.05, 3.63) is 35.9 Å². The maximum Gasteiger partial charge on any atom is 0.0524 e. The Morgan fingerprint density at radius 2 is 1.95 bits per heavy atom. The van der Waals surface area contributed by atoms with Gasteiger partial charge in [0.1, 0.15) is 0 Å². The lowest BCUT2D eigenvalue weighted by Crippen LogP contribution is -2.42. The summed E-state index contributed by atoms with van der Waals surface area (Å²) in [5.41, 5.74) is 1.41. The summed E-state index contributed by atoms with van der Waals surface area (Å²) in [6, 6.07) is 11.3. The molecule has 2 rings (SSSR count). The normalized spacial score (nSPS) is 19.5. The lowest BCUT2D eigenvalue weighted by Gasteiger charge is -2.32. The molecular weight excluding hydrogens is 236 g/mol. The summed E-state index contributed by atoms with van der Waals surface area (Å²) >= 11 is 0. The van der Waals surface area contributed by atoms with E-state index in [1.54, 1.807) is 0 Å². The zero-order chi connectivity index (χ0) is 13.5. The molecule has 1 aromatic carbocycles. The monoisotopic (exact) mass is 262 g/mol. The summed E-state index contributed by atoms with van der Waals surface area (Å²) in [5, 5.41) is 12.8. The molecule has 1 aromatic rings. The molecule has 1 aliphatic rings.